The van der Waals surface area contributed by atoms with Crippen LogP contribution in [0.4, 0.5) is 0 Å². The Bertz CT molecular complexity index is 369. The normalized spacial score (nSPS) is 16.5. The third-order valence-corrected chi connectivity index (χ3v) is 3.58. The predicted octanol–water partition coefficient (Wildman–Crippen LogP) is -1.46. The minimum Gasteiger partial charge on any atom is -0.480 e. The highest BCUT2D eigenvalue weighted by molar-refractivity contribution is 7.52. The number of rotatable bonds is 8. The lowest BCUT2D eigenvalue weighted by molar-refractivity contribution is -0.142. The maximum Gasteiger partial charge on any atom is 0.342 e. The van der Waals surface area contributed by atoms with Gasteiger partial charge in [-0.1, -0.05) is 0 Å². The number of aliphatic carboxylic acids is 1. The van der Waals surface area contributed by atoms with Gasteiger partial charge in [0, 0.05) is 0 Å². The van der Waals surface area contributed by atoms with Crippen molar-refractivity contribution in [1.29, 1.82) is 0 Å². The van der Waals surface area contributed by atoms with Crippen molar-refractivity contribution in [2.45, 2.75) is 44.1 Å². The molecule has 0 unspecified atom stereocenters. The lowest BCUT2D eigenvalue weighted by atomic mass is 10.1. The topological polar surface area (TPSA) is 176 Å². The summed E-state index contributed by atoms with van der Waals surface area (Å²) in [5.74, 6) is -3.17. The zero-order valence-corrected chi connectivity index (χ0v) is 11.4. The molecule has 0 saturated heterocycles. The van der Waals surface area contributed by atoms with Crippen LogP contribution in [0.5, 0.6) is 0 Å². The smallest absolute Gasteiger partial charge is 0.342 e. The summed E-state index contributed by atoms with van der Waals surface area (Å²) in [5, 5.41) is 11.1. The molecular formula is C9H20N3O6P. The highest BCUT2D eigenvalue weighted by Crippen LogP contribution is 2.40. The summed E-state index contributed by atoms with van der Waals surface area (Å²) in [6.45, 7) is 1.41. The molecule has 3 atom stereocenters. The van der Waals surface area contributed by atoms with Crippen LogP contribution in [0.15, 0.2) is 0 Å². The molecule has 0 radical (unpaired) electrons. The predicted molar refractivity (Wildman–Crippen MR) is 67.1 cm³/mol. The summed E-state index contributed by atoms with van der Waals surface area (Å²) in [4.78, 5) is 39.7. The van der Waals surface area contributed by atoms with Crippen LogP contribution in [0.2, 0.25) is 0 Å². The number of carboxylic acid groups (broad SMARTS) is 1. The summed E-state index contributed by atoms with van der Waals surface area (Å²) in [5.41, 5.74) is 10.5. The van der Waals surface area contributed by atoms with Crippen molar-refractivity contribution in [3.63, 3.8) is 0 Å². The number of carbonyl (C=O) groups is 2. The quantitative estimate of drug-likeness (QED) is 0.294. The van der Waals surface area contributed by atoms with E-state index in [1.807, 2.05) is 0 Å². The average Bonchev–Trinajstić information content (AvgIpc) is 2.25. The molecule has 19 heavy (non-hydrogen) atoms. The van der Waals surface area contributed by atoms with E-state index in [4.69, 9.17) is 26.4 Å². The Balaban J connectivity index is 4.28. The van der Waals surface area contributed by atoms with Gasteiger partial charge in [0.25, 0.3) is 0 Å². The first-order valence-electron chi connectivity index (χ1n) is 5.65. The molecule has 8 N–H and O–H groups in total. The van der Waals surface area contributed by atoms with E-state index in [1.54, 1.807) is 0 Å². The van der Waals surface area contributed by atoms with Crippen LogP contribution in [0.3, 0.4) is 0 Å². The van der Waals surface area contributed by atoms with Crippen molar-refractivity contribution in [3.05, 3.63) is 0 Å². The number of amides is 1. The van der Waals surface area contributed by atoms with Gasteiger partial charge in [0.2, 0.25) is 5.91 Å². The molecule has 0 rings (SSSR count). The number of nitrogens with one attached hydrogen (secondary N) is 1. The van der Waals surface area contributed by atoms with Crippen molar-refractivity contribution in [1.82, 2.24) is 5.32 Å². The lowest BCUT2D eigenvalue weighted by Crippen LogP contribution is -2.47. The van der Waals surface area contributed by atoms with Gasteiger partial charge in [-0.05, 0) is 26.2 Å². The first kappa shape index (κ1) is 18.0. The van der Waals surface area contributed by atoms with Gasteiger partial charge in [-0.15, -0.1) is 0 Å². The van der Waals surface area contributed by atoms with E-state index in [-0.39, 0.29) is 19.3 Å². The van der Waals surface area contributed by atoms with Crippen molar-refractivity contribution < 1.29 is 29.0 Å². The Hall–Kier alpha value is -0.990. The van der Waals surface area contributed by atoms with E-state index in [1.165, 1.54) is 6.92 Å². The summed E-state index contributed by atoms with van der Waals surface area (Å²) in [6.07, 6.45) is 0.131. The molecule has 0 spiro atoms. The van der Waals surface area contributed by atoms with Crippen molar-refractivity contribution in [3.8, 4) is 0 Å². The molecule has 9 nitrogen and oxygen atoms in total. The minimum atomic E-state index is -4.36. The Morgan fingerprint density at radius 1 is 1.26 bits per heavy atom. The van der Waals surface area contributed by atoms with Crippen LogP contribution in [0.25, 0.3) is 0 Å². The Kier molecular flexibility index (Phi) is 7.17. The van der Waals surface area contributed by atoms with E-state index < -0.39 is 37.3 Å². The average molecular weight is 297 g/mol. The minimum absolute atomic E-state index is 0.0154. The van der Waals surface area contributed by atoms with Gasteiger partial charge in [0.15, 0.2) is 0 Å². The van der Waals surface area contributed by atoms with Crippen LogP contribution in [-0.4, -0.2) is 44.6 Å². The number of hydrogen-bond acceptors (Lipinski definition) is 5. The fraction of sp³-hybridized carbons (Fsp3) is 0.778. The zero-order valence-electron chi connectivity index (χ0n) is 10.5. The van der Waals surface area contributed by atoms with Gasteiger partial charge in [0.05, 0.1) is 6.04 Å². The summed E-state index contributed by atoms with van der Waals surface area (Å²) < 4.78 is 10.8. The van der Waals surface area contributed by atoms with E-state index in [9.17, 15) is 14.2 Å². The lowest BCUT2D eigenvalue weighted by Gasteiger charge is -2.17. The van der Waals surface area contributed by atoms with Crippen molar-refractivity contribution >= 4 is 19.5 Å². The van der Waals surface area contributed by atoms with E-state index in [0.717, 1.165) is 0 Å². The van der Waals surface area contributed by atoms with E-state index in [2.05, 4.69) is 5.32 Å². The molecular weight excluding hydrogens is 277 g/mol. The Morgan fingerprint density at radius 2 is 1.79 bits per heavy atom. The second-order valence-corrected chi connectivity index (χ2v) is 6.12. The van der Waals surface area contributed by atoms with Crippen LogP contribution >= 0.6 is 7.60 Å². The maximum atomic E-state index is 11.3. The fourth-order valence-corrected chi connectivity index (χ4v) is 1.78. The largest absolute Gasteiger partial charge is 0.480 e. The first-order valence-corrected chi connectivity index (χ1v) is 7.33. The molecule has 0 aromatic rings. The fourth-order valence-electron chi connectivity index (χ4n) is 1.26. The summed E-state index contributed by atoms with van der Waals surface area (Å²) in [6, 6.07) is -1.98. The maximum absolute atomic E-state index is 11.3. The zero-order chi connectivity index (χ0) is 15.2. The molecule has 0 heterocycles. The van der Waals surface area contributed by atoms with Gasteiger partial charge >= 0.3 is 13.6 Å². The highest BCUT2D eigenvalue weighted by Gasteiger charge is 2.26. The molecule has 0 aromatic heterocycles. The van der Waals surface area contributed by atoms with Crippen molar-refractivity contribution in [2.24, 2.45) is 11.5 Å². The molecule has 10 heteroatoms. The third kappa shape index (κ3) is 7.24. The second-order valence-electron chi connectivity index (χ2n) is 4.28. The molecule has 0 bridgehead atoms. The van der Waals surface area contributed by atoms with E-state index >= 15 is 0 Å². The molecule has 112 valence electrons. The van der Waals surface area contributed by atoms with Gasteiger partial charge in [-0.25, -0.2) is 4.79 Å². The molecule has 0 aliphatic heterocycles. The summed E-state index contributed by atoms with van der Waals surface area (Å²) in [7, 11) is -4.36. The van der Waals surface area contributed by atoms with Gasteiger partial charge in [-0.3, -0.25) is 9.36 Å². The number of nitrogens with two attached hydrogens (primary N) is 2. The van der Waals surface area contributed by atoms with Gasteiger partial charge in [-0.2, -0.15) is 0 Å². The molecule has 0 aliphatic carbocycles. The molecule has 1 amide bonds. The van der Waals surface area contributed by atoms with E-state index in [0.29, 0.717) is 0 Å². The SMILES string of the molecule is C[C@H](N)C(=O)N[C@@H](CCC[C@@H](N)P(=O)(O)O)C(=O)O. The third-order valence-electron chi connectivity index (χ3n) is 2.45. The molecule has 0 fully saturated rings. The Labute approximate surface area is 110 Å². The molecule has 0 aliphatic rings. The monoisotopic (exact) mass is 297 g/mol. The van der Waals surface area contributed by atoms with Crippen LogP contribution < -0.4 is 16.8 Å². The van der Waals surface area contributed by atoms with Crippen LogP contribution in [0.1, 0.15) is 26.2 Å². The number of hydrogen-bond donors (Lipinski definition) is 6. The Morgan fingerprint density at radius 3 is 2.16 bits per heavy atom. The number of carbonyl (C=O) groups excluding carboxylic acids is 1. The van der Waals surface area contributed by atoms with Gasteiger partial charge in [0.1, 0.15) is 11.8 Å². The van der Waals surface area contributed by atoms with Crippen molar-refractivity contribution in [2.75, 3.05) is 0 Å². The molecule has 0 aromatic carbocycles. The van der Waals surface area contributed by atoms with Crippen LogP contribution in [0, 0.1) is 0 Å². The summed E-state index contributed by atoms with van der Waals surface area (Å²) >= 11 is 0. The number of carboxylic acids is 1. The molecule has 0 saturated carbocycles. The second kappa shape index (κ2) is 7.56. The van der Waals surface area contributed by atoms with Gasteiger partial charge < -0.3 is 31.7 Å². The highest BCUT2D eigenvalue weighted by atomic mass is 31.2. The van der Waals surface area contributed by atoms with Crippen LogP contribution in [-0.2, 0) is 14.2 Å². The first-order chi connectivity index (χ1) is 8.55. The standard InChI is InChI=1S/C9H20N3O6P/c1-5(10)8(13)12-6(9(14)15)3-2-4-7(11)19(16,17)18/h5-7H,2-4,10-11H2,1H3,(H,12,13)(H,14,15)(H2,16,17,18)/t5-,6-,7-/m0/s1.